The molecule has 1 unspecified atom stereocenters. The molecule has 1 saturated heterocycles. The van der Waals surface area contributed by atoms with Crippen molar-refractivity contribution < 1.29 is 19.1 Å². The Balaban J connectivity index is 1.92. The van der Waals surface area contributed by atoms with Crippen molar-refractivity contribution in [2.24, 2.45) is 0 Å². The van der Waals surface area contributed by atoms with Gasteiger partial charge in [0.2, 0.25) is 0 Å². The molecule has 3 rings (SSSR count). The van der Waals surface area contributed by atoms with E-state index in [-0.39, 0.29) is 5.69 Å². The van der Waals surface area contributed by atoms with E-state index in [9.17, 15) is 19.1 Å². The molecule has 1 atom stereocenters. The van der Waals surface area contributed by atoms with Gasteiger partial charge in [0.1, 0.15) is 17.1 Å². The number of carbonyl (C=O) groups is 2. The van der Waals surface area contributed by atoms with Crippen molar-refractivity contribution in [3.05, 3.63) is 34.2 Å². The number of benzene rings is 1. The molecule has 0 saturated carbocycles. The molecule has 1 fully saturated rings. The molecule has 5 nitrogen and oxygen atoms in total. The van der Waals surface area contributed by atoms with Gasteiger partial charge in [0.05, 0.1) is 5.52 Å². The number of thioether (sulfide) groups is 1. The van der Waals surface area contributed by atoms with Crippen LogP contribution >= 0.6 is 27.7 Å². The van der Waals surface area contributed by atoms with Gasteiger partial charge >= 0.3 is 5.97 Å². The number of halogens is 2. The first-order chi connectivity index (χ1) is 10.4. The number of carbonyl (C=O) groups excluding carboxylic acids is 1. The van der Waals surface area contributed by atoms with Crippen LogP contribution in [-0.2, 0) is 4.79 Å². The summed E-state index contributed by atoms with van der Waals surface area (Å²) in [6.45, 7) is 0. The first kappa shape index (κ1) is 15.4. The van der Waals surface area contributed by atoms with Gasteiger partial charge in [0.25, 0.3) is 5.91 Å². The first-order valence-corrected chi connectivity index (χ1v) is 8.47. The lowest BCUT2D eigenvalue weighted by Gasteiger charge is -2.24. The third kappa shape index (κ3) is 2.61. The van der Waals surface area contributed by atoms with Crippen LogP contribution in [0.15, 0.2) is 22.7 Å². The fourth-order valence-electron chi connectivity index (χ4n) is 2.45. The van der Waals surface area contributed by atoms with Gasteiger partial charge in [-0.3, -0.25) is 4.79 Å². The van der Waals surface area contributed by atoms with Crippen molar-refractivity contribution >= 4 is 50.5 Å². The summed E-state index contributed by atoms with van der Waals surface area (Å²) in [6, 6.07) is 4.36. The smallest absolute Gasteiger partial charge is 0.330 e. The zero-order valence-electron chi connectivity index (χ0n) is 11.3. The summed E-state index contributed by atoms with van der Waals surface area (Å²) in [5.74, 6) is -1.04. The quantitative estimate of drug-likeness (QED) is 0.757. The van der Waals surface area contributed by atoms with E-state index in [2.05, 4.69) is 26.2 Å². The number of H-pyrrole nitrogens is 1. The van der Waals surface area contributed by atoms with Crippen LogP contribution in [-0.4, -0.2) is 39.0 Å². The van der Waals surface area contributed by atoms with E-state index in [0.717, 1.165) is 0 Å². The summed E-state index contributed by atoms with van der Waals surface area (Å²) in [5.41, 5.74) is -0.634. The van der Waals surface area contributed by atoms with Gasteiger partial charge in [-0.15, -0.1) is 0 Å². The van der Waals surface area contributed by atoms with E-state index in [1.54, 1.807) is 6.07 Å². The van der Waals surface area contributed by atoms with Crippen LogP contribution in [0, 0.1) is 5.82 Å². The summed E-state index contributed by atoms with van der Waals surface area (Å²) in [5, 5.41) is 12.2. The van der Waals surface area contributed by atoms with E-state index in [4.69, 9.17) is 0 Å². The highest BCUT2D eigenvalue weighted by Crippen LogP contribution is 2.29. The van der Waals surface area contributed by atoms with E-state index in [0.29, 0.717) is 33.3 Å². The maximum atomic E-state index is 13.9. The standard InChI is InChI=1S/C14H12BrFN2O3S/c15-7-3-9(16)8-5-11(17-10(8)4-7)12(19)18-14(13(20)21)1-2-22-6-14/h3-5,17H,1-2,6H2,(H,18,19)(H,20,21). The fraction of sp³-hybridized carbons (Fsp3) is 0.286. The van der Waals surface area contributed by atoms with Crippen molar-refractivity contribution in [1.82, 2.24) is 10.3 Å². The Morgan fingerprint density at radius 1 is 1.41 bits per heavy atom. The second-order valence-corrected chi connectivity index (χ2v) is 7.20. The molecular weight excluding hydrogens is 375 g/mol. The minimum Gasteiger partial charge on any atom is -0.479 e. The lowest BCUT2D eigenvalue weighted by molar-refractivity contribution is -0.143. The Morgan fingerprint density at radius 3 is 2.82 bits per heavy atom. The number of aromatic nitrogens is 1. The normalized spacial score (nSPS) is 21.2. The third-order valence-corrected chi connectivity index (χ3v) is 5.33. The van der Waals surface area contributed by atoms with Gasteiger partial charge in [0.15, 0.2) is 0 Å². The van der Waals surface area contributed by atoms with E-state index in [1.165, 1.54) is 23.9 Å². The largest absolute Gasteiger partial charge is 0.479 e. The second kappa shape index (κ2) is 5.58. The molecule has 1 aliphatic rings. The molecule has 3 N–H and O–H groups in total. The van der Waals surface area contributed by atoms with Gasteiger partial charge in [-0.05, 0) is 30.4 Å². The maximum absolute atomic E-state index is 13.9. The SMILES string of the molecule is O=C(NC1(C(=O)O)CCSC1)c1cc2c(F)cc(Br)cc2[nH]1. The maximum Gasteiger partial charge on any atom is 0.330 e. The monoisotopic (exact) mass is 386 g/mol. The van der Waals surface area contributed by atoms with Crippen LogP contribution in [0.4, 0.5) is 4.39 Å². The van der Waals surface area contributed by atoms with Crippen molar-refractivity contribution in [3.8, 4) is 0 Å². The van der Waals surface area contributed by atoms with Crippen molar-refractivity contribution in [3.63, 3.8) is 0 Å². The molecule has 0 spiro atoms. The Morgan fingerprint density at radius 2 is 2.18 bits per heavy atom. The number of fused-ring (bicyclic) bond motifs is 1. The zero-order valence-corrected chi connectivity index (χ0v) is 13.7. The summed E-state index contributed by atoms with van der Waals surface area (Å²) < 4.78 is 14.4. The summed E-state index contributed by atoms with van der Waals surface area (Å²) >= 11 is 4.67. The highest BCUT2D eigenvalue weighted by atomic mass is 79.9. The zero-order chi connectivity index (χ0) is 15.9. The molecule has 1 aromatic heterocycles. The lowest BCUT2D eigenvalue weighted by atomic mass is 9.99. The molecule has 0 bridgehead atoms. The van der Waals surface area contributed by atoms with Crippen LogP contribution in [0.2, 0.25) is 0 Å². The first-order valence-electron chi connectivity index (χ1n) is 6.53. The molecular formula is C14H12BrFN2O3S. The van der Waals surface area contributed by atoms with Crippen LogP contribution < -0.4 is 5.32 Å². The molecule has 0 aliphatic carbocycles. The minimum atomic E-state index is -1.25. The number of rotatable bonds is 3. The Bertz CT molecular complexity index is 771. The number of carboxylic acid groups (broad SMARTS) is 1. The number of nitrogens with one attached hydrogen (secondary N) is 2. The number of amides is 1. The molecule has 2 heterocycles. The molecule has 22 heavy (non-hydrogen) atoms. The average Bonchev–Trinajstić information content (AvgIpc) is 3.05. The number of hydrogen-bond donors (Lipinski definition) is 3. The van der Waals surface area contributed by atoms with E-state index >= 15 is 0 Å². The van der Waals surface area contributed by atoms with Gasteiger partial charge in [-0.2, -0.15) is 11.8 Å². The van der Waals surface area contributed by atoms with Crippen molar-refractivity contribution in [1.29, 1.82) is 0 Å². The van der Waals surface area contributed by atoms with Crippen LogP contribution in [0.25, 0.3) is 10.9 Å². The Hall–Kier alpha value is -1.54. The van der Waals surface area contributed by atoms with Crippen LogP contribution in [0.5, 0.6) is 0 Å². The van der Waals surface area contributed by atoms with Crippen molar-refractivity contribution in [2.45, 2.75) is 12.0 Å². The molecule has 1 aromatic carbocycles. The lowest BCUT2D eigenvalue weighted by Crippen LogP contribution is -2.54. The predicted molar refractivity (Wildman–Crippen MR) is 85.7 cm³/mol. The highest BCUT2D eigenvalue weighted by Gasteiger charge is 2.43. The highest BCUT2D eigenvalue weighted by molar-refractivity contribution is 9.10. The topological polar surface area (TPSA) is 82.2 Å². The van der Waals surface area contributed by atoms with Gasteiger partial charge in [-0.25, -0.2) is 9.18 Å². The number of aliphatic carboxylic acids is 1. The van der Waals surface area contributed by atoms with Crippen LogP contribution in [0.3, 0.4) is 0 Å². The average molecular weight is 387 g/mol. The minimum absolute atomic E-state index is 0.143. The Labute approximate surface area is 137 Å². The van der Waals surface area contributed by atoms with E-state index in [1.807, 2.05) is 0 Å². The molecule has 0 radical (unpaired) electrons. The number of carboxylic acids is 1. The molecule has 1 aliphatic heterocycles. The summed E-state index contributed by atoms with van der Waals surface area (Å²) in [6.07, 6.45) is 0.374. The number of hydrogen-bond acceptors (Lipinski definition) is 3. The Kier molecular flexibility index (Phi) is 3.90. The van der Waals surface area contributed by atoms with Gasteiger partial charge < -0.3 is 15.4 Å². The summed E-state index contributed by atoms with van der Waals surface area (Å²) in [7, 11) is 0. The number of aromatic amines is 1. The summed E-state index contributed by atoms with van der Waals surface area (Å²) in [4.78, 5) is 26.6. The molecule has 2 aromatic rings. The predicted octanol–water partition coefficient (Wildman–Crippen LogP) is 2.76. The third-order valence-electron chi connectivity index (χ3n) is 3.68. The molecule has 1 amide bonds. The molecule has 116 valence electrons. The van der Waals surface area contributed by atoms with Gasteiger partial charge in [0, 0.05) is 15.6 Å². The van der Waals surface area contributed by atoms with E-state index < -0.39 is 23.2 Å². The van der Waals surface area contributed by atoms with Crippen LogP contribution in [0.1, 0.15) is 16.9 Å². The molecule has 8 heteroatoms. The van der Waals surface area contributed by atoms with Crippen molar-refractivity contribution in [2.75, 3.05) is 11.5 Å². The van der Waals surface area contributed by atoms with Gasteiger partial charge in [-0.1, -0.05) is 15.9 Å². The fourth-order valence-corrected chi connectivity index (χ4v) is 4.21. The second-order valence-electron chi connectivity index (χ2n) is 5.18.